The molecule has 3 rings (SSSR count). The Kier molecular flexibility index (Phi) is 5.33. The van der Waals surface area contributed by atoms with Crippen LogP contribution in [0.5, 0.6) is 0 Å². The van der Waals surface area contributed by atoms with Crippen LogP contribution in [0.3, 0.4) is 0 Å². The molecule has 1 atom stereocenters. The Morgan fingerprint density at radius 3 is 2.71 bits per heavy atom. The maximum atomic E-state index is 12.5. The topological polar surface area (TPSA) is 54.7 Å². The highest BCUT2D eigenvalue weighted by Gasteiger charge is 2.25. The summed E-state index contributed by atoms with van der Waals surface area (Å²) in [7, 11) is 0. The lowest BCUT2D eigenvalue weighted by atomic mass is 10.0. The largest absolute Gasteiger partial charge is 0.468 e. The van der Waals surface area contributed by atoms with Gasteiger partial charge in [0.2, 0.25) is 0 Å². The number of nitrogens with zero attached hydrogens (tertiary/aromatic N) is 1. The molecule has 2 heterocycles. The van der Waals surface area contributed by atoms with E-state index in [4.69, 9.17) is 9.15 Å². The lowest BCUT2D eigenvalue weighted by molar-refractivity contribution is 0.0118. The van der Waals surface area contributed by atoms with Gasteiger partial charge in [0.15, 0.2) is 0 Å². The molecule has 1 N–H and O–H groups in total. The lowest BCUT2D eigenvalue weighted by Gasteiger charge is -2.33. The van der Waals surface area contributed by atoms with E-state index < -0.39 is 0 Å². The molecule has 1 saturated heterocycles. The summed E-state index contributed by atoms with van der Waals surface area (Å²) in [6, 6.07) is 9.75. The van der Waals surface area contributed by atoms with Gasteiger partial charge in [0.05, 0.1) is 25.5 Å². The van der Waals surface area contributed by atoms with Crippen LogP contribution in [0.4, 0.5) is 0 Å². The molecule has 128 valence electrons. The molecule has 5 heteroatoms. The van der Waals surface area contributed by atoms with Gasteiger partial charge in [0.1, 0.15) is 5.76 Å². The van der Waals surface area contributed by atoms with Gasteiger partial charge in [-0.1, -0.05) is 17.7 Å². The predicted octanol–water partition coefficient (Wildman–Crippen LogP) is 2.70. The monoisotopic (exact) mass is 328 g/mol. The third-order valence-electron chi connectivity index (χ3n) is 4.44. The number of amides is 1. The molecule has 0 spiro atoms. The zero-order valence-electron chi connectivity index (χ0n) is 14.2. The Hall–Kier alpha value is -2.11. The molecule has 0 bridgehead atoms. The number of aryl methyl sites for hydroxylation is 2. The Balaban J connectivity index is 1.70. The third-order valence-corrected chi connectivity index (χ3v) is 4.44. The molecule has 1 aliphatic rings. The highest BCUT2D eigenvalue weighted by atomic mass is 16.5. The first-order valence-electron chi connectivity index (χ1n) is 8.36. The molecule has 0 aliphatic carbocycles. The molecule has 5 nitrogen and oxygen atoms in total. The summed E-state index contributed by atoms with van der Waals surface area (Å²) in [6.45, 7) is 7.60. The number of nitrogens with one attached hydrogen (secondary N) is 1. The number of carbonyl (C=O) groups is 1. The molecule has 1 fully saturated rings. The van der Waals surface area contributed by atoms with Gasteiger partial charge in [0.25, 0.3) is 5.91 Å². The molecular weight excluding hydrogens is 304 g/mol. The van der Waals surface area contributed by atoms with Crippen LogP contribution in [0.15, 0.2) is 41.0 Å². The highest BCUT2D eigenvalue weighted by Crippen LogP contribution is 2.22. The number of hydrogen-bond donors (Lipinski definition) is 1. The number of furan rings is 1. The second-order valence-electron chi connectivity index (χ2n) is 6.21. The quantitative estimate of drug-likeness (QED) is 0.917. The van der Waals surface area contributed by atoms with Gasteiger partial charge in [-0.25, -0.2) is 0 Å². The molecule has 1 aliphatic heterocycles. The summed E-state index contributed by atoms with van der Waals surface area (Å²) in [5, 5.41) is 3.06. The Labute approximate surface area is 142 Å². The van der Waals surface area contributed by atoms with Crippen LogP contribution < -0.4 is 5.32 Å². The fourth-order valence-corrected chi connectivity index (χ4v) is 3.13. The summed E-state index contributed by atoms with van der Waals surface area (Å²) in [5.74, 6) is 0.829. The van der Waals surface area contributed by atoms with Gasteiger partial charge < -0.3 is 14.5 Å². The van der Waals surface area contributed by atoms with E-state index in [9.17, 15) is 4.79 Å². The molecule has 1 amide bonds. The van der Waals surface area contributed by atoms with Crippen molar-refractivity contribution in [1.82, 2.24) is 10.2 Å². The Bertz CT molecular complexity index is 676. The van der Waals surface area contributed by atoms with Crippen molar-refractivity contribution >= 4 is 5.91 Å². The second kappa shape index (κ2) is 7.64. The minimum atomic E-state index is -0.0442. The maximum absolute atomic E-state index is 12.5. The van der Waals surface area contributed by atoms with Crippen molar-refractivity contribution in [2.45, 2.75) is 19.9 Å². The van der Waals surface area contributed by atoms with E-state index in [2.05, 4.69) is 10.2 Å². The molecule has 1 aromatic heterocycles. The van der Waals surface area contributed by atoms with Crippen LogP contribution >= 0.6 is 0 Å². The average molecular weight is 328 g/mol. The number of benzene rings is 1. The fourth-order valence-electron chi connectivity index (χ4n) is 3.13. The predicted molar refractivity (Wildman–Crippen MR) is 92.1 cm³/mol. The summed E-state index contributed by atoms with van der Waals surface area (Å²) in [5.41, 5.74) is 2.88. The van der Waals surface area contributed by atoms with E-state index in [0.717, 1.165) is 35.5 Å². The van der Waals surface area contributed by atoms with Gasteiger partial charge in [0, 0.05) is 25.2 Å². The van der Waals surface area contributed by atoms with Crippen LogP contribution in [0, 0.1) is 13.8 Å². The summed E-state index contributed by atoms with van der Waals surface area (Å²) >= 11 is 0. The van der Waals surface area contributed by atoms with Gasteiger partial charge in [-0.05, 0) is 37.6 Å². The minimum absolute atomic E-state index is 0.0265. The van der Waals surface area contributed by atoms with Crippen molar-refractivity contribution in [3.63, 3.8) is 0 Å². The molecule has 1 unspecified atom stereocenters. The van der Waals surface area contributed by atoms with Gasteiger partial charge >= 0.3 is 0 Å². The van der Waals surface area contributed by atoms with Crippen molar-refractivity contribution in [3.8, 4) is 0 Å². The number of morpholine rings is 1. The van der Waals surface area contributed by atoms with E-state index >= 15 is 0 Å². The first kappa shape index (κ1) is 16.7. The summed E-state index contributed by atoms with van der Waals surface area (Å²) < 4.78 is 11.0. The number of hydrogen-bond acceptors (Lipinski definition) is 4. The molecule has 24 heavy (non-hydrogen) atoms. The third kappa shape index (κ3) is 3.86. The van der Waals surface area contributed by atoms with Gasteiger partial charge in [-0.2, -0.15) is 0 Å². The zero-order chi connectivity index (χ0) is 16.9. The summed E-state index contributed by atoms with van der Waals surface area (Å²) in [4.78, 5) is 14.8. The second-order valence-corrected chi connectivity index (χ2v) is 6.21. The van der Waals surface area contributed by atoms with Crippen LogP contribution in [0.1, 0.15) is 33.3 Å². The van der Waals surface area contributed by atoms with Crippen LogP contribution in [-0.2, 0) is 4.74 Å². The van der Waals surface area contributed by atoms with Crippen LogP contribution in [0.2, 0.25) is 0 Å². The summed E-state index contributed by atoms with van der Waals surface area (Å²) in [6.07, 6.45) is 1.68. The zero-order valence-corrected chi connectivity index (χ0v) is 14.2. The van der Waals surface area contributed by atoms with Gasteiger partial charge in [-0.15, -0.1) is 0 Å². The van der Waals surface area contributed by atoms with E-state index in [1.165, 1.54) is 0 Å². The lowest BCUT2D eigenvalue weighted by Crippen LogP contribution is -2.43. The molecule has 0 saturated carbocycles. The number of carbonyl (C=O) groups excluding carboxylic acids is 1. The van der Waals surface area contributed by atoms with Crippen LogP contribution in [-0.4, -0.2) is 43.7 Å². The van der Waals surface area contributed by atoms with Gasteiger partial charge in [-0.3, -0.25) is 9.69 Å². The van der Waals surface area contributed by atoms with Crippen molar-refractivity contribution in [1.29, 1.82) is 0 Å². The average Bonchev–Trinajstić information content (AvgIpc) is 3.10. The standard InChI is InChI=1S/C19H24N2O3/c1-14-5-6-16(15(2)12-14)19(22)20-13-17(18-4-3-9-24-18)21-7-10-23-11-8-21/h3-6,9,12,17H,7-8,10-11,13H2,1-2H3,(H,20,22). The minimum Gasteiger partial charge on any atom is -0.468 e. The number of rotatable bonds is 5. The van der Waals surface area contributed by atoms with Crippen LogP contribution in [0.25, 0.3) is 0 Å². The maximum Gasteiger partial charge on any atom is 0.251 e. The first-order chi connectivity index (χ1) is 11.6. The fraction of sp³-hybridized carbons (Fsp3) is 0.421. The van der Waals surface area contributed by atoms with E-state index in [1.807, 2.05) is 44.2 Å². The van der Waals surface area contributed by atoms with Crippen molar-refractivity contribution in [2.24, 2.45) is 0 Å². The molecule has 1 aromatic carbocycles. The Morgan fingerprint density at radius 2 is 2.04 bits per heavy atom. The normalized spacial score (nSPS) is 16.8. The molecule has 0 radical (unpaired) electrons. The SMILES string of the molecule is Cc1ccc(C(=O)NCC(c2ccco2)N2CCOCC2)c(C)c1. The highest BCUT2D eigenvalue weighted by molar-refractivity contribution is 5.95. The van der Waals surface area contributed by atoms with E-state index in [-0.39, 0.29) is 11.9 Å². The van der Waals surface area contributed by atoms with Crippen molar-refractivity contribution in [3.05, 3.63) is 59.0 Å². The number of ether oxygens (including phenoxy) is 1. The van der Waals surface area contributed by atoms with E-state index in [0.29, 0.717) is 19.8 Å². The smallest absolute Gasteiger partial charge is 0.251 e. The Morgan fingerprint density at radius 1 is 1.25 bits per heavy atom. The molecular formula is C19H24N2O3. The van der Waals surface area contributed by atoms with E-state index in [1.54, 1.807) is 6.26 Å². The first-order valence-corrected chi connectivity index (χ1v) is 8.36. The molecule has 2 aromatic rings. The van der Waals surface area contributed by atoms with Crippen molar-refractivity contribution in [2.75, 3.05) is 32.8 Å². The van der Waals surface area contributed by atoms with Crippen molar-refractivity contribution < 1.29 is 13.9 Å².